The van der Waals surface area contributed by atoms with Crippen LogP contribution < -0.4 is 0 Å². The molecule has 0 aliphatic heterocycles. The predicted octanol–water partition coefficient (Wildman–Crippen LogP) is 9.02. The van der Waals surface area contributed by atoms with Gasteiger partial charge in [-0.15, -0.1) is 0 Å². The van der Waals surface area contributed by atoms with Crippen molar-refractivity contribution >= 4 is 23.5 Å². The Hall–Kier alpha value is -2.80. The van der Waals surface area contributed by atoms with Crippen molar-refractivity contribution in [2.24, 2.45) is 0 Å². The lowest BCUT2D eigenvalue weighted by molar-refractivity contribution is 0.788. The Labute approximate surface area is 224 Å². The maximum Gasteiger partial charge on any atom is 0.178 e. The van der Waals surface area contributed by atoms with Crippen molar-refractivity contribution < 1.29 is 0 Å². The van der Waals surface area contributed by atoms with Gasteiger partial charge in [0.05, 0.1) is 0 Å². The van der Waals surface area contributed by atoms with Gasteiger partial charge in [0.15, 0.2) is 11.4 Å². The average Bonchev–Trinajstić information content (AvgIpc) is 2.84. The molecule has 1 heterocycles. The van der Waals surface area contributed by atoms with Crippen LogP contribution >= 0.6 is 23.5 Å². The molecule has 0 spiro atoms. The molecule has 3 rings (SSSR count). The minimum absolute atomic E-state index is 0.0682. The lowest BCUT2D eigenvalue weighted by atomic mass is 9.95. The summed E-state index contributed by atoms with van der Waals surface area (Å²) in [5.41, 5.74) is 5.13. The highest BCUT2D eigenvalue weighted by Crippen LogP contribution is 2.45. The smallest absolute Gasteiger partial charge is 0.178 e. The van der Waals surface area contributed by atoms with E-state index in [-0.39, 0.29) is 11.4 Å². The highest BCUT2D eigenvalue weighted by molar-refractivity contribution is 8.02. The van der Waals surface area contributed by atoms with Gasteiger partial charge in [-0.1, -0.05) is 115 Å². The van der Waals surface area contributed by atoms with E-state index < -0.39 is 0 Å². The molecule has 6 heteroatoms. The monoisotopic (exact) mass is 514 g/mol. The van der Waals surface area contributed by atoms with Gasteiger partial charge in [0, 0.05) is 9.79 Å². The van der Waals surface area contributed by atoms with Crippen LogP contribution in [0.25, 0.3) is 0 Å². The number of hydrogen-bond donors (Lipinski definition) is 0. The largest absolute Gasteiger partial charge is 0.224 e. The summed E-state index contributed by atoms with van der Waals surface area (Å²) >= 11 is 3.13. The molecule has 0 radical (unpaired) electrons. The van der Waals surface area contributed by atoms with Gasteiger partial charge in [0.1, 0.15) is 22.2 Å². The third kappa shape index (κ3) is 5.94. The second-order valence-corrected chi connectivity index (χ2v) is 12.1. The summed E-state index contributed by atoms with van der Waals surface area (Å²) in [5, 5.41) is 20.8. The molecule has 0 unspecified atom stereocenters. The Balaban J connectivity index is 2.27. The van der Waals surface area contributed by atoms with E-state index in [4.69, 9.17) is 9.97 Å². The molecular formula is C30H34N4S2. The molecule has 36 heavy (non-hydrogen) atoms. The number of aromatic nitrogens is 2. The fourth-order valence-electron chi connectivity index (χ4n) is 4.09. The summed E-state index contributed by atoms with van der Waals surface area (Å²) in [4.78, 5) is 11.7. The summed E-state index contributed by atoms with van der Waals surface area (Å²) in [5.74, 6) is 1.33. The molecule has 3 aromatic rings. The van der Waals surface area contributed by atoms with E-state index in [0.29, 0.717) is 33.7 Å². The molecule has 186 valence electrons. The quantitative estimate of drug-likeness (QED) is 0.298. The van der Waals surface area contributed by atoms with Crippen LogP contribution in [0.3, 0.4) is 0 Å². The van der Waals surface area contributed by atoms with Crippen LogP contribution in [0.5, 0.6) is 0 Å². The lowest BCUT2D eigenvalue weighted by Gasteiger charge is -2.21. The fourth-order valence-corrected chi connectivity index (χ4v) is 6.95. The third-order valence-corrected chi connectivity index (χ3v) is 8.52. The zero-order chi connectivity index (χ0) is 26.6. The molecule has 0 aliphatic rings. The van der Waals surface area contributed by atoms with E-state index in [1.54, 1.807) is 23.5 Å². The predicted molar refractivity (Wildman–Crippen MR) is 149 cm³/mol. The van der Waals surface area contributed by atoms with Gasteiger partial charge < -0.3 is 0 Å². The fraction of sp³-hybridized carbons (Fsp3) is 0.400. The summed E-state index contributed by atoms with van der Waals surface area (Å²) in [6.45, 7) is 17.5. The van der Waals surface area contributed by atoms with E-state index in [2.05, 4.69) is 104 Å². The van der Waals surface area contributed by atoms with E-state index in [9.17, 15) is 10.5 Å². The van der Waals surface area contributed by atoms with Crippen molar-refractivity contribution in [3.63, 3.8) is 0 Å². The summed E-state index contributed by atoms with van der Waals surface area (Å²) in [6.07, 6.45) is 0. The van der Waals surface area contributed by atoms with Gasteiger partial charge in [-0.2, -0.15) is 10.5 Å². The van der Waals surface area contributed by atoms with E-state index in [1.165, 1.54) is 22.3 Å². The van der Waals surface area contributed by atoms with Gasteiger partial charge in [0.2, 0.25) is 0 Å². The Bertz CT molecular complexity index is 1170. The summed E-state index contributed by atoms with van der Waals surface area (Å²) < 4.78 is 0. The van der Waals surface area contributed by atoms with Crippen LogP contribution in [0.2, 0.25) is 0 Å². The van der Waals surface area contributed by atoms with Gasteiger partial charge in [-0.25, -0.2) is 9.97 Å². The highest BCUT2D eigenvalue weighted by Gasteiger charge is 2.23. The van der Waals surface area contributed by atoms with Crippen LogP contribution in [-0.2, 0) is 0 Å². The molecule has 0 atom stereocenters. The molecule has 1 aromatic heterocycles. The first-order valence-corrected chi connectivity index (χ1v) is 14.1. The normalized spacial score (nSPS) is 11.4. The molecule has 0 fully saturated rings. The van der Waals surface area contributed by atoms with Gasteiger partial charge in [0.25, 0.3) is 0 Å². The first-order chi connectivity index (χ1) is 17.1. The minimum Gasteiger partial charge on any atom is -0.224 e. The molecule has 0 saturated heterocycles. The van der Waals surface area contributed by atoms with Crippen LogP contribution in [0, 0.1) is 22.7 Å². The Morgan fingerprint density at radius 3 is 1.06 bits per heavy atom. The number of benzene rings is 2. The highest BCUT2D eigenvalue weighted by atomic mass is 32.2. The first kappa shape index (κ1) is 27.8. The lowest BCUT2D eigenvalue weighted by Crippen LogP contribution is -2.04. The maximum atomic E-state index is 9.72. The number of rotatable bonds is 8. The van der Waals surface area contributed by atoms with Crippen LogP contribution in [-0.4, -0.2) is 9.97 Å². The standard InChI is InChI=1S/C30H34N4S2/c1-17(2)21-11-9-12-22(18(3)4)27(21)35-29-30(34-26(16-32)25(15-31)33-29)36-28-23(19(5)6)13-10-14-24(28)20(7)8/h9-14,17-20H,1-8H3. The average molecular weight is 515 g/mol. The second-order valence-electron chi connectivity index (χ2n) is 10.1. The van der Waals surface area contributed by atoms with E-state index in [0.717, 1.165) is 9.79 Å². The maximum absolute atomic E-state index is 9.72. The Morgan fingerprint density at radius 2 is 0.833 bits per heavy atom. The van der Waals surface area contributed by atoms with E-state index >= 15 is 0 Å². The van der Waals surface area contributed by atoms with Crippen molar-refractivity contribution in [2.45, 2.75) is 98.9 Å². The number of hydrogen-bond acceptors (Lipinski definition) is 6. The summed E-state index contributed by atoms with van der Waals surface area (Å²) in [7, 11) is 0. The number of nitrogens with zero attached hydrogens (tertiary/aromatic N) is 4. The molecule has 0 saturated carbocycles. The molecule has 0 amide bonds. The van der Waals surface area contributed by atoms with Crippen molar-refractivity contribution in [3.8, 4) is 12.1 Å². The zero-order valence-corrected chi connectivity index (χ0v) is 24.0. The van der Waals surface area contributed by atoms with Gasteiger partial charge >= 0.3 is 0 Å². The molecule has 4 nitrogen and oxygen atoms in total. The summed E-state index contributed by atoms with van der Waals surface area (Å²) in [6, 6.07) is 17.0. The van der Waals surface area contributed by atoms with Crippen molar-refractivity contribution in [1.29, 1.82) is 10.5 Å². The Morgan fingerprint density at radius 1 is 0.556 bits per heavy atom. The molecule has 0 aliphatic carbocycles. The Kier molecular flexibility index (Phi) is 9.23. The second kappa shape index (κ2) is 12.0. The van der Waals surface area contributed by atoms with Crippen LogP contribution in [0.1, 0.15) is 113 Å². The topological polar surface area (TPSA) is 73.4 Å². The molecular weight excluding hydrogens is 480 g/mol. The van der Waals surface area contributed by atoms with Gasteiger partial charge in [-0.05, 0) is 45.9 Å². The molecule has 0 bridgehead atoms. The van der Waals surface area contributed by atoms with Crippen LogP contribution in [0.4, 0.5) is 0 Å². The first-order valence-electron chi connectivity index (χ1n) is 12.4. The van der Waals surface area contributed by atoms with E-state index in [1.807, 2.05) is 0 Å². The van der Waals surface area contributed by atoms with Crippen LogP contribution in [0.15, 0.2) is 56.2 Å². The van der Waals surface area contributed by atoms with Crippen molar-refractivity contribution in [3.05, 3.63) is 70.0 Å². The molecule has 0 N–H and O–H groups in total. The SMILES string of the molecule is CC(C)c1cccc(C(C)C)c1Sc1nc(C#N)c(C#N)nc1Sc1c(C(C)C)cccc1C(C)C. The third-order valence-electron chi connectivity index (χ3n) is 6.08. The molecule has 2 aromatic carbocycles. The minimum atomic E-state index is 0.0682. The van der Waals surface area contributed by atoms with Gasteiger partial charge in [-0.3, -0.25) is 0 Å². The number of nitriles is 2. The van der Waals surface area contributed by atoms with Crippen molar-refractivity contribution in [2.75, 3.05) is 0 Å². The zero-order valence-electron chi connectivity index (χ0n) is 22.4. The van der Waals surface area contributed by atoms with Crippen molar-refractivity contribution in [1.82, 2.24) is 9.97 Å².